The predicted molar refractivity (Wildman–Crippen MR) is 408 cm³/mol. The summed E-state index contributed by atoms with van der Waals surface area (Å²) in [6, 6.07) is 0. The van der Waals surface area contributed by atoms with Gasteiger partial charge in [-0.3, -0.25) is 9.59 Å². The van der Waals surface area contributed by atoms with E-state index in [2.05, 4.69) is 160 Å². The second kappa shape index (κ2) is 81.0. The summed E-state index contributed by atoms with van der Waals surface area (Å²) in [6.45, 7) is 4.04. The number of aliphatic hydroxyl groups excluding tert-OH is 1. The van der Waals surface area contributed by atoms with Gasteiger partial charge in [-0.15, -0.1) is 0 Å². The number of carbonyl (C=O) groups excluding carboxylic acids is 2. The van der Waals surface area contributed by atoms with E-state index >= 15 is 0 Å². The van der Waals surface area contributed by atoms with Crippen molar-refractivity contribution in [1.29, 1.82) is 0 Å². The summed E-state index contributed by atoms with van der Waals surface area (Å²) in [5.74, 6) is -0.582. The van der Waals surface area contributed by atoms with Crippen molar-refractivity contribution in [2.75, 3.05) is 13.2 Å². The van der Waals surface area contributed by atoms with Gasteiger partial charge in [0.2, 0.25) is 0 Å². The molecule has 0 saturated heterocycles. The SMILES string of the molecule is CC/C=C\C/C=C\C/C=C\C/C=C\C/C=C\C/C=C\C/C=C\C/C=C\C/C=C\CCCCCCCCCCCCCCCC(=O)OC(CO)COC(=O)CCCCCCCCCCCCCCCCCCCCCCCC/C=C\C/C=C\C/C=C\CCCCCCC. The Balaban J connectivity index is 3.47. The molecule has 0 rings (SSSR count). The summed E-state index contributed by atoms with van der Waals surface area (Å²) in [4.78, 5) is 24.7. The minimum atomic E-state index is -0.781. The van der Waals surface area contributed by atoms with E-state index in [1.807, 2.05) is 0 Å². The molecule has 1 atom stereocenters. The van der Waals surface area contributed by atoms with Crippen molar-refractivity contribution in [3.05, 3.63) is 146 Å². The Morgan fingerprint density at radius 1 is 0.261 bits per heavy atom. The van der Waals surface area contributed by atoms with Crippen LogP contribution < -0.4 is 0 Å². The highest BCUT2D eigenvalue weighted by molar-refractivity contribution is 5.70. The molecule has 0 radical (unpaired) electrons. The topological polar surface area (TPSA) is 72.8 Å². The van der Waals surface area contributed by atoms with E-state index in [-0.39, 0.29) is 25.2 Å². The van der Waals surface area contributed by atoms with Crippen LogP contribution in [0.15, 0.2) is 146 Å². The molecule has 0 spiro atoms. The molecular formula is C87H148O5. The van der Waals surface area contributed by atoms with E-state index in [4.69, 9.17) is 9.47 Å². The number of hydrogen-bond acceptors (Lipinski definition) is 5. The lowest BCUT2D eigenvalue weighted by atomic mass is 10.0. The number of allylic oxidation sites excluding steroid dienone is 24. The Bertz CT molecular complexity index is 1880. The van der Waals surface area contributed by atoms with Crippen molar-refractivity contribution >= 4 is 11.9 Å². The zero-order valence-corrected chi connectivity index (χ0v) is 60.5. The third-order valence-corrected chi connectivity index (χ3v) is 17.1. The maximum absolute atomic E-state index is 12.4. The third-order valence-electron chi connectivity index (χ3n) is 17.1. The first-order valence-corrected chi connectivity index (χ1v) is 39.4. The molecule has 0 bridgehead atoms. The fourth-order valence-electron chi connectivity index (χ4n) is 11.3. The maximum Gasteiger partial charge on any atom is 0.306 e. The Labute approximate surface area is 571 Å². The second-order valence-electron chi connectivity index (χ2n) is 26.1. The van der Waals surface area contributed by atoms with Gasteiger partial charge in [0, 0.05) is 12.8 Å². The molecule has 0 aromatic carbocycles. The normalized spacial score (nSPS) is 13.0. The van der Waals surface area contributed by atoms with Gasteiger partial charge in [-0.25, -0.2) is 0 Å². The summed E-state index contributed by atoms with van der Waals surface area (Å²) in [5, 5.41) is 9.73. The molecule has 92 heavy (non-hydrogen) atoms. The molecule has 0 aliphatic rings. The average Bonchev–Trinajstić information content (AvgIpc) is 3.64. The number of carbonyl (C=O) groups is 2. The second-order valence-corrected chi connectivity index (χ2v) is 26.1. The lowest BCUT2D eigenvalue weighted by Gasteiger charge is -2.15. The number of ether oxygens (including phenoxy) is 2. The van der Waals surface area contributed by atoms with Gasteiger partial charge in [0.25, 0.3) is 0 Å². The monoisotopic (exact) mass is 1270 g/mol. The lowest BCUT2D eigenvalue weighted by molar-refractivity contribution is -0.161. The predicted octanol–water partition coefficient (Wildman–Crippen LogP) is 28.0. The molecule has 0 aromatic heterocycles. The van der Waals surface area contributed by atoms with Crippen molar-refractivity contribution in [3.63, 3.8) is 0 Å². The Morgan fingerprint density at radius 3 is 0.707 bits per heavy atom. The number of esters is 2. The van der Waals surface area contributed by atoms with Gasteiger partial charge in [-0.2, -0.15) is 0 Å². The summed E-state index contributed by atoms with van der Waals surface area (Å²) in [7, 11) is 0. The molecule has 0 aliphatic carbocycles. The van der Waals surface area contributed by atoms with Crippen LogP contribution in [0.5, 0.6) is 0 Å². The molecule has 5 heteroatoms. The van der Waals surface area contributed by atoms with Crippen LogP contribution in [0.25, 0.3) is 0 Å². The van der Waals surface area contributed by atoms with Gasteiger partial charge in [-0.1, -0.05) is 384 Å². The van der Waals surface area contributed by atoms with Crippen molar-refractivity contribution < 1.29 is 24.2 Å². The summed E-state index contributed by atoms with van der Waals surface area (Å²) >= 11 is 0. The molecule has 0 fully saturated rings. The quantitative estimate of drug-likeness (QED) is 0.0373. The summed E-state index contributed by atoms with van der Waals surface area (Å²) in [5.41, 5.74) is 0. The first kappa shape index (κ1) is 87.8. The van der Waals surface area contributed by atoms with Crippen LogP contribution in [0, 0.1) is 0 Å². The number of hydrogen-bond donors (Lipinski definition) is 1. The van der Waals surface area contributed by atoms with Crippen LogP contribution in [0.4, 0.5) is 0 Å². The molecule has 5 nitrogen and oxygen atoms in total. The number of rotatable bonds is 72. The highest BCUT2D eigenvalue weighted by atomic mass is 16.6. The molecule has 0 aromatic rings. The van der Waals surface area contributed by atoms with Gasteiger partial charge in [0.15, 0.2) is 6.10 Å². The Hall–Kier alpha value is -4.22. The van der Waals surface area contributed by atoms with Crippen LogP contribution >= 0.6 is 0 Å². The fourth-order valence-corrected chi connectivity index (χ4v) is 11.3. The van der Waals surface area contributed by atoms with Gasteiger partial charge < -0.3 is 14.6 Å². The van der Waals surface area contributed by atoms with Crippen LogP contribution in [0.1, 0.15) is 373 Å². The van der Waals surface area contributed by atoms with Crippen LogP contribution in [-0.4, -0.2) is 36.4 Å². The largest absolute Gasteiger partial charge is 0.462 e. The zero-order chi connectivity index (χ0) is 66.1. The molecule has 1 unspecified atom stereocenters. The Kier molecular flexibility index (Phi) is 77.3. The van der Waals surface area contributed by atoms with E-state index in [0.717, 1.165) is 109 Å². The highest BCUT2D eigenvalue weighted by Crippen LogP contribution is 2.18. The maximum atomic E-state index is 12.4. The van der Waals surface area contributed by atoms with Crippen molar-refractivity contribution in [2.24, 2.45) is 0 Å². The van der Waals surface area contributed by atoms with Crippen LogP contribution in [0.2, 0.25) is 0 Å². The van der Waals surface area contributed by atoms with Gasteiger partial charge >= 0.3 is 11.9 Å². The average molecular weight is 1270 g/mol. The smallest absolute Gasteiger partial charge is 0.306 e. The minimum Gasteiger partial charge on any atom is -0.462 e. The Morgan fingerprint density at radius 2 is 0.467 bits per heavy atom. The fraction of sp³-hybridized carbons (Fsp3) is 0.701. The molecule has 0 amide bonds. The zero-order valence-electron chi connectivity index (χ0n) is 60.5. The van der Waals surface area contributed by atoms with Crippen LogP contribution in [0.3, 0.4) is 0 Å². The molecule has 0 aliphatic heterocycles. The molecule has 1 N–H and O–H groups in total. The molecule has 0 saturated carbocycles. The van der Waals surface area contributed by atoms with Gasteiger partial charge in [0.05, 0.1) is 6.61 Å². The third kappa shape index (κ3) is 78.2. The molecule has 0 heterocycles. The standard InChI is InChI=1S/C87H148O5/c1-3-5-7-9-11-13-15-17-19-21-23-25-27-29-31-33-35-37-39-41-42-43-44-46-48-50-52-54-56-58-60-62-64-66-68-70-72-74-76-78-80-82-87(90)92-85(83-88)84-91-86(89)81-79-77-75-73-71-69-67-65-63-61-59-57-55-53-51-49-47-45-40-38-36-34-32-30-28-26-24-22-20-18-16-14-12-10-8-6-4-2/h5,7,11,13,16-19,22-25,28-31,35,37,41-42,44,46,50,52,85,88H,3-4,6,8-10,12,14-15,20-21,26-27,32-34,36,38-40,43,45,47-49,51,53-84H2,1-2H3/b7-5-,13-11-,18-16-,19-17-,24-22-,25-23-,30-28-,31-29-,37-35-,42-41-,46-44-,52-50-. The lowest BCUT2D eigenvalue weighted by Crippen LogP contribution is -2.28. The van der Waals surface area contributed by atoms with Crippen molar-refractivity contribution in [2.45, 2.75) is 380 Å². The minimum absolute atomic E-state index is 0.0684. The van der Waals surface area contributed by atoms with E-state index in [0.29, 0.717) is 12.8 Å². The van der Waals surface area contributed by atoms with Crippen molar-refractivity contribution in [3.8, 4) is 0 Å². The van der Waals surface area contributed by atoms with E-state index in [1.54, 1.807) is 0 Å². The number of unbranched alkanes of at least 4 members (excludes halogenated alkanes) is 40. The molecular weight excluding hydrogens is 1120 g/mol. The molecule has 526 valence electrons. The van der Waals surface area contributed by atoms with E-state index < -0.39 is 6.10 Å². The van der Waals surface area contributed by atoms with Crippen molar-refractivity contribution in [1.82, 2.24) is 0 Å². The summed E-state index contributed by atoms with van der Waals surface area (Å²) in [6.07, 6.45) is 122. The first-order valence-electron chi connectivity index (χ1n) is 39.4. The van der Waals surface area contributed by atoms with Gasteiger partial charge in [-0.05, 0) is 122 Å². The van der Waals surface area contributed by atoms with Crippen LogP contribution in [-0.2, 0) is 19.1 Å². The first-order chi connectivity index (χ1) is 45.6. The van der Waals surface area contributed by atoms with Gasteiger partial charge in [0.1, 0.15) is 6.61 Å². The van der Waals surface area contributed by atoms with E-state index in [1.165, 1.54) is 238 Å². The summed E-state index contributed by atoms with van der Waals surface area (Å²) < 4.78 is 10.8. The van der Waals surface area contributed by atoms with E-state index in [9.17, 15) is 14.7 Å². The highest BCUT2D eigenvalue weighted by Gasteiger charge is 2.16. The number of aliphatic hydroxyl groups is 1.